The van der Waals surface area contributed by atoms with Crippen molar-refractivity contribution in [3.8, 4) is 5.75 Å². The number of aryl methyl sites for hydroxylation is 1. The van der Waals surface area contributed by atoms with Gasteiger partial charge in [-0.05, 0) is 30.2 Å². The molecule has 1 aliphatic heterocycles. The van der Waals surface area contributed by atoms with Crippen molar-refractivity contribution >= 4 is 17.5 Å². The minimum absolute atomic E-state index is 0.0324. The van der Waals surface area contributed by atoms with Crippen molar-refractivity contribution < 1.29 is 14.3 Å². The summed E-state index contributed by atoms with van der Waals surface area (Å²) in [6, 6.07) is 15.3. The first-order valence-electron chi connectivity index (χ1n) is 7.98. The lowest BCUT2D eigenvalue weighted by Gasteiger charge is -2.17. The van der Waals surface area contributed by atoms with Crippen LogP contribution in [-0.4, -0.2) is 31.5 Å². The molecule has 0 aliphatic carbocycles. The number of nitrogens with one attached hydrogen (secondary N) is 1. The quantitative estimate of drug-likeness (QED) is 0.885. The van der Waals surface area contributed by atoms with E-state index in [9.17, 15) is 9.59 Å². The number of hydrogen-bond acceptors (Lipinski definition) is 3. The summed E-state index contributed by atoms with van der Waals surface area (Å²) in [4.78, 5) is 25.7. The summed E-state index contributed by atoms with van der Waals surface area (Å²) >= 11 is 0. The van der Waals surface area contributed by atoms with Crippen LogP contribution >= 0.6 is 0 Å². The van der Waals surface area contributed by atoms with Gasteiger partial charge < -0.3 is 15.0 Å². The van der Waals surface area contributed by atoms with Crippen molar-refractivity contribution in [2.24, 2.45) is 0 Å². The number of carbonyl (C=O) groups is 2. The van der Waals surface area contributed by atoms with Gasteiger partial charge in [-0.15, -0.1) is 0 Å². The smallest absolute Gasteiger partial charge is 0.258 e. The molecule has 24 heavy (non-hydrogen) atoms. The summed E-state index contributed by atoms with van der Waals surface area (Å²) in [7, 11) is 0. The van der Waals surface area contributed by atoms with E-state index in [1.807, 2.05) is 55.5 Å². The summed E-state index contributed by atoms with van der Waals surface area (Å²) in [5.41, 5.74) is 2.97. The van der Waals surface area contributed by atoms with Crippen molar-refractivity contribution in [1.29, 1.82) is 0 Å². The van der Waals surface area contributed by atoms with Gasteiger partial charge in [0, 0.05) is 18.8 Å². The van der Waals surface area contributed by atoms with Crippen LogP contribution in [0.1, 0.15) is 11.1 Å². The Morgan fingerprint density at radius 3 is 2.75 bits per heavy atom. The van der Waals surface area contributed by atoms with E-state index in [2.05, 4.69) is 5.32 Å². The SMILES string of the molecule is Cc1ccccc1OCC(=O)NCCN1C(=O)Cc2ccccc21. The van der Waals surface area contributed by atoms with Crippen LogP contribution in [0.2, 0.25) is 0 Å². The van der Waals surface area contributed by atoms with Crippen LogP contribution in [0, 0.1) is 6.92 Å². The van der Waals surface area contributed by atoms with Crippen LogP contribution in [0.15, 0.2) is 48.5 Å². The second-order valence-electron chi connectivity index (χ2n) is 5.75. The molecule has 5 heteroatoms. The number of anilines is 1. The van der Waals surface area contributed by atoms with Crippen molar-refractivity contribution in [2.45, 2.75) is 13.3 Å². The highest BCUT2D eigenvalue weighted by molar-refractivity contribution is 6.01. The van der Waals surface area contributed by atoms with Crippen LogP contribution in [0.25, 0.3) is 0 Å². The molecule has 1 aliphatic rings. The maximum atomic E-state index is 12.0. The maximum absolute atomic E-state index is 12.0. The van der Waals surface area contributed by atoms with Gasteiger partial charge >= 0.3 is 0 Å². The van der Waals surface area contributed by atoms with Gasteiger partial charge in [-0.1, -0.05) is 36.4 Å². The Morgan fingerprint density at radius 2 is 1.92 bits per heavy atom. The Labute approximate surface area is 141 Å². The van der Waals surface area contributed by atoms with Crippen molar-refractivity contribution in [3.05, 3.63) is 59.7 Å². The van der Waals surface area contributed by atoms with Crippen molar-refractivity contribution in [2.75, 3.05) is 24.6 Å². The van der Waals surface area contributed by atoms with Gasteiger partial charge in [0.1, 0.15) is 5.75 Å². The molecule has 0 aromatic heterocycles. The zero-order valence-electron chi connectivity index (χ0n) is 13.6. The van der Waals surface area contributed by atoms with Gasteiger partial charge in [-0.3, -0.25) is 9.59 Å². The van der Waals surface area contributed by atoms with Crippen LogP contribution in [0.5, 0.6) is 5.75 Å². The molecule has 0 spiro atoms. The first-order chi connectivity index (χ1) is 11.6. The molecular formula is C19H20N2O3. The molecule has 0 atom stereocenters. The van der Waals surface area contributed by atoms with Gasteiger partial charge in [0.05, 0.1) is 6.42 Å². The topological polar surface area (TPSA) is 58.6 Å². The largest absolute Gasteiger partial charge is 0.484 e. The van der Waals surface area contributed by atoms with E-state index >= 15 is 0 Å². The molecule has 0 radical (unpaired) electrons. The van der Waals surface area contributed by atoms with Crippen LogP contribution in [-0.2, 0) is 16.0 Å². The van der Waals surface area contributed by atoms with Gasteiger partial charge in [0.25, 0.3) is 5.91 Å². The number of nitrogens with zero attached hydrogens (tertiary/aromatic N) is 1. The molecule has 1 N–H and O–H groups in total. The second kappa shape index (κ2) is 7.17. The fourth-order valence-electron chi connectivity index (χ4n) is 2.78. The molecule has 0 saturated heterocycles. The number of benzene rings is 2. The molecule has 2 aromatic rings. The highest BCUT2D eigenvalue weighted by Crippen LogP contribution is 2.27. The van der Waals surface area contributed by atoms with Crippen LogP contribution < -0.4 is 15.0 Å². The molecule has 0 fully saturated rings. The maximum Gasteiger partial charge on any atom is 0.258 e. The standard InChI is InChI=1S/C19H20N2O3/c1-14-6-2-5-9-17(14)24-13-18(22)20-10-11-21-16-8-4-3-7-15(16)12-19(21)23/h2-9H,10-13H2,1H3,(H,20,22). The van der Waals surface area contributed by atoms with E-state index in [4.69, 9.17) is 4.74 Å². The summed E-state index contributed by atoms with van der Waals surface area (Å²) in [5.74, 6) is 0.580. The van der Waals surface area contributed by atoms with Gasteiger partial charge in [-0.25, -0.2) is 0 Å². The average molecular weight is 324 g/mol. The van der Waals surface area contributed by atoms with Crippen molar-refractivity contribution in [3.63, 3.8) is 0 Å². The van der Waals surface area contributed by atoms with Crippen LogP contribution in [0.4, 0.5) is 5.69 Å². The molecule has 3 rings (SSSR count). The minimum Gasteiger partial charge on any atom is -0.484 e. The number of carbonyl (C=O) groups excluding carboxylic acids is 2. The molecule has 1 heterocycles. The molecule has 5 nitrogen and oxygen atoms in total. The van der Waals surface area contributed by atoms with E-state index in [0.29, 0.717) is 25.3 Å². The summed E-state index contributed by atoms with van der Waals surface area (Å²) in [5, 5.41) is 2.79. The first-order valence-corrected chi connectivity index (χ1v) is 7.98. The highest BCUT2D eigenvalue weighted by Gasteiger charge is 2.26. The average Bonchev–Trinajstić information content (AvgIpc) is 2.90. The van der Waals surface area contributed by atoms with E-state index in [1.54, 1.807) is 4.90 Å². The summed E-state index contributed by atoms with van der Waals surface area (Å²) in [6.07, 6.45) is 0.431. The Hall–Kier alpha value is -2.82. The molecular weight excluding hydrogens is 304 g/mol. The normalized spacial score (nSPS) is 12.9. The number of amides is 2. The first kappa shape index (κ1) is 16.1. The number of ether oxygens (including phenoxy) is 1. The Morgan fingerprint density at radius 1 is 1.17 bits per heavy atom. The summed E-state index contributed by atoms with van der Waals surface area (Å²) < 4.78 is 5.51. The number of hydrogen-bond donors (Lipinski definition) is 1. The summed E-state index contributed by atoms with van der Waals surface area (Å²) in [6.45, 7) is 2.76. The molecule has 0 bridgehead atoms. The Kier molecular flexibility index (Phi) is 4.79. The zero-order chi connectivity index (χ0) is 16.9. The predicted molar refractivity (Wildman–Crippen MR) is 92.2 cm³/mol. The zero-order valence-corrected chi connectivity index (χ0v) is 13.6. The third-order valence-electron chi connectivity index (χ3n) is 4.04. The highest BCUT2D eigenvalue weighted by atomic mass is 16.5. The third kappa shape index (κ3) is 3.56. The minimum atomic E-state index is -0.196. The fraction of sp³-hybridized carbons (Fsp3) is 0.263. The van der Waals surface area contributed by atoms with Crippen LogP contribution in [0.3, 0.4) is 0 Å². The van der Waals surface area contributed by atoms with Gasteiger partial charge in [0.15, 0.2) is 6.61 Å². The number of fused-ring (bicyclic) bond motifs is 1. The lowest BCUT2D eigenvalue weighted by atomic mass is 10.2. The van der Waals surface area contributed by atoms with E-state index in [1.165, 1.54) is 0 Å². The fourth-order valence-corrected chi connectivity index (χ4v) is 2.78. The molecule has 2 aromatic carbocycles. The monoisotopic (exact) mass is 324 g/mol. The molecule has 124 valence electrons. The molecule has 0 saturated carbocycles. The lowest BCUT2D eigenvalue weighted by Crippen LogP contribution is -2.38. The Bertz CT molecular complexity index is 758. The van der Waals surface area contributed by atoms with Gasteiger partial charge in [0.2, 0.25) is 5.91 Å². The molecule has 2 amide bonds. The number of rotatable bonds is 6. The molecule has 0 unspecified atom stereocenters. The van der Waals surface area contributed by atoms with Gasteiger partial charge in [-0.2, -0.15) is 0 Å². The van der Waals surface area contributed by atoms with E-state index in [-0.39, 0.29) is 18.4 Å². The second-order valence-corrected chi connectivity index (χ2v) is 5.75. The predicted octanol–water partition coefficient (Wildman–Crippen LogP) is 2.08. The third-order valence-corrected chi connectivity index (χ3v) is 4.04. The number of para-hydroxylation sites is 2. The Balaban J connectivity index is 1.46. The van der Waals surface area contributed by atoms with E-state index < -0.39 is 0 Å². The lowest BCUT2D eigenvalue weighted by molar-refractivity contribution is -0.123. The van der Waals surface area contributed by atoms with E-state index in [0.717, 1.165) is 16.8 Å². The van der Waals surface area contributed by atoms with Crippen molar-refractivity contribution in [1.82, 2.24) is 5.32 Å².